The second-order valence-corrected chi connectivity index (χ2v) is 12.8. The number of esters is 2. The molecule has 1 aliphatic heterocycles. The van der Waals surface area contributed by atoms with Gasteiger partial charge in [0, 0.05) is 5.92 Å². The highest BCUT2D eigenvalue weighted by molar-refractivity contribution is 6.71. The Morgan fingerprint density at radius 3 is 2.37 bits per heavy atom. The molecule has 0 aromatic rings. The summed E-state index contributed by atoms with van der Waals surface area (Å²) in [4.78, 5) is 25.4. The summed E-state index contributed by atoms with van der Waals surface area (Å²) < 4.78 is 17.2. The molecule has 1 saturated heterocycles. The maximum atomic E-state index is 12.9. The summed E-state index contributed by atoms with van der Waals surface area (Å²) in [5, 5.41) is 0. The van der Waals surface area contributed by atoms with Gasteiger partial charge in [0.1, 0.15) is 0 Å². The highest BCUT2D eigenvalue weighted by atomic mass is 28.4. The summed E-state index contributed by atoms with van der Waals surface area (Å²) in [6.45, 7) is 15.0. The third kappa shape index (κ3) is 4.72. The summed E-state index contributed by atoms with van der Waals surface area (Å²) in [7, 11) is -2.03. The Morgan fingerprint density at radius 2 is 1.81 bits per heavy atom. The van der Waals surface area contributed by atoms with E-state index < -0.39 is 25.9 Å². The van der Waals surface area contributed by atoms with Gasteiger partial charge in [-0.2, -0.15) is 0 Å². The van der Waals surface area contributed by atoms with E-state index in [1.165, 1.54) is 0 Å². The molecular formula is C21H34O5Si. The lowest BCUT2D eigenvalue weighted by Gasteiger charge is -2.50. The molecule has 27 heavy (non-hydrogen) atoms. The summed E-state index contributed by atoms with van der Waals surface area (Å²) in [6, 6.07) is 0.767. The standard InChI is InChI=1S/C21H34O5Si/c1-8-24-19(22)15-10-11-17-16(18(15)20(23)25-9-2)13-27(6,7)26-21(17,5)12-14(3)4/h11,14,16H,8-10,12-13H2,1-7H3. The molecule has 0 N–H and O–H groups in total. The smallest absolute Gasteiger partial charge is 0.335 e. The first-order valence-corrected chi connectivity index (χ1v) is 13.1. The Morgan fingerprint density at radius 1 is 1.22 bits per heavy atom. The van der Waals surface area contributed by atoms with Gasteiger partial charge >= 0.3 is 11.9 Å². The van der Waals surface area contributed by atoms with Crippen molar-refractivity contribution >= 4 is 20.3 Å². The van der Waals surface area contributed by atoms with Gasteiger partial charge in [0.25, 0.3) is 0 Å². The maximum Gasteiger partial charge on any atom is 0.335 e. The van der Waals surface area contributed by atoms with Gasteiger partial charge in [-0.05, 0) is 64.2 Å². The minimum absolute atomic E-state index is 0.128. The molecule has 0 spiro atoms. The first kappa shape index (κ1) is 21.9. The third-order valence-electron chi connectivity index (χ3n) is 5.20. The van der Waals surface area contributed by atoms with Gasteiger partial charge in [0.2, 0.25) is 0 Å². The second kappa shape index (κ2) is 8.31. The van der Waals surface area contributed by atoms with Crippen LogP contribution in [0.3, 0.4) is 0 Å². The number of allylic oxidation sites excluding steroid dienone is 1. The number of fused-ring (bicyclic) bond motifs is 1. The first-order chi connectivity index (χ1) is 12.5. The fraction of sp³-hybridized carbons (Fsp3) is 0.714. The number of hydrogen-bond donors (Lipinski definition) is 0. The van der Waals surface area contributed by atoms with Crippen LogP contribution in [-0.4, -0.2) is 39.1 Å². The summed E-state index contributed by atoms with van der Waals surface area (Å²) in [5.41, 5.74) is 1.65. The zero-order chi connectivity index (χ0) is 20.4. The molecule has 0 aromatic carbocycles. The molecule has 0 amide bonds. The molecule has 0 aromatic heterocycles. The Balaban J connectivity index is 2.55. The topological polar surface area (TPSA) is 61.8 Å². The van der Waals surface area contributed by atoms with Crippen LogP contribution in [-0.2, 0) is 23.5 Å². The van der Waals surface area contributed by atoms with Crippen LogP contribution in [0.15, 0.2) is 22.8 Å². The van der Waals surface area contributed by atoms with Crippen molar-refractivity contribution in [2.45, 2.75) is 72.2 Å². The summed E-state index contributed by atoms with van der Waals surface area (Å²) in [6.07, 6.45) is 3.36. The maximum absolute atomic E-state index is 12.9. The average Bonchev–Trinajstić information content (AvgIpc) is 2.51. The van der Waals surface area contributed by atoms with Gasteiger partial charge in [-0.15, -0.1) is 0 Å². The molecule has 0 saturated carbocycles. The van der Waals surface area contributed by atoms with Crippen molar-refractivity contribution in [3.05, 3.63) is 22.8 Å². The molecule has 1 aliphatic carbocycles. The quantitative estimate of drug-likeness (QED) is 0.380. The first-order valence-electron chi connectivity index (χ1n) is 10.0. The lowest BCUT2D eigenvalue weighted by molar-refractivity contribution is -0.142. The van der Waals surface area contributed by atoms with E-state index in [4.69, 9.17) is 13.9 Å². The molecule has 6 heteroatoms. The molecule has 2 aliphatic rings. The third-order valence-corrected chi connectivity index (χ3v) is 7.59. The van der Waals surface area contributed by atoms with Gasteiger partial charge < -0.3 is 13.9 Å². The molecule has 152 valence electrons. The van der Waals surface area contributed by atoms with Crippen molar-refractivity contribution in [2.75, 3.05) is 13.2 Å². The fourth-order valence-corrected chi connectivity index (χ4v) is 7.56. The minimum Gasteiger partial charge on any atom is -0.463 e. The molecule has 5 nitrogen and oxygen atoms in total. The zero-order valence-corrected chi connectivity index (χ0v) is 18.8. The van der Waals surface area contributed by atoms with Gasteiger partial charge in [0.05, 0.1) is 30.0 Å². The SMILES string of the molecule is CCOC(=O)C1=C(C(=O)OCC)C2C[Si](C)(C)OC(C)(CC(C)C)C2=CC1. The molecule has 1 heterocycles. The van der Waals surface area contributed by atoms with E-state index >= 15 is 0 Å². The molecule has 0 bridgehead atoms. The van der Waals surface area contributed by atoms with Gasteiger partial charge in [-0.25, -0.2) is 9.59 Å². The van der Waals surface area contributed by atoms with E-state index in [2.05, 4.69) is 39.9 Å². The van der Waals surface area contributed by atoms with Crippen LogP contribution in [0.4, 0.5) is 0 Å². The number of carbonyl (C=O) groups is 2. The monoisotopic (exact) mass is 394 g/mol. The predicted octanol–water partition coefficient (Wildman–Crippen LogP) is 4.40. The van der Waals surface area contributed by atoms with Gasteiger partial charge in [0.15, 0.2) is 8.32 Å². The van der Waals surface area contributed by atoms with Crippen LogP contribution in [0.5, 0.6) is 0 Å². The number of carbonyl (C=O) groups excluding carboxylic acids is 2. The molecule has 2 rings (SSSR count). The molecule has 1 fully saturated rings. The Kier molecular flexibility index (Phi) is 6.74. The van der Waals surface area contributed by atoms with Crippen LogP contribution in [0.25, 0.3) is 0 Å². The van der Waals surface area contributed by atoms with Crippen molar-refractivity contribution in [1.29, 1.82) is 0 Å². The van der Waals surface area contributed by atoms with Gasteiger partial charge in [-0.3, -0.25) is 0 Å². The lowest BCUT2D eigenvalue weighted by Crippen LogP contribution is -2.53. The summed E-state index contributed by atoms with van der Waals surface area (Å²) >= 11 is 0. The van der Waals surface area contributed by atoms with Crippen molar-refractivity contribution in [2.24, 2.45) is 11.8 Å². The number of ether oxygens (including phenoxy) is 2. The van der Waals surface area contributed by atoms with E-state index in [0.717, 1.165) is 18.0 Å². The Bertz CT molecular complexity index is 661. The van der Waals surface area contributed by atoms with Crippen molar-refractivity contribution in [3.8, 4) is 0 Å². The van der Waals surface area contributed by atoms with Crippen LogP contribution < -0.4 is 0 Å². The Labute approximate surface area is 164 Å². The van der Waals surface area contributed by atoms with E-state index in [-0.39, 0.29) is 19.1 Å². The van der Waals surface area contributed by atoms with Gasteiger partial charge in [-0.1, -0.05) is 19.9 Å². The lowest BCUT2D eigenvalue weighted by atomic mass is 9.73. The predicted molar refractivity (Wildman–Crippen MR) is 108 cm³/mol. The molecule has 2 unspecified atom stereocenters. The number of rotatable bonds is 6. The fourth-order valence-electron chi connectivity index (χ4n) is 4.65. The van der Waals surface area contributed by atoms with Crippen LogP contribution in [0, 0.1) is 11.8 Å². The second-order valence-electron chi connectivity index (χ2n) is 8.64. The molecular weight excluding hydrogens is 360 g/mol. The van der Waals surface area contributed by atoms with Crippen LogP contribution >= 0.6 is 0 Å². The van der Waals surface area contributed by atoms with Crippen molar-refractivity contribution in [1.82, 2.24) is 0 Å². The van der Waals surface area contributed by atoms with E-state index in [0.29, 0.717) is 23.5 Å². The summed E-state index contributed by atoms with van der Waals surface area (Å²) in [5.74, 6) is -0.473. The molecule has 2 atom stereocenters. The largest absolute Gasteiger partial charge is 0.463 e. The van der Waals surface area contributed by atoms with Crippen molar-refractivity contribution < 1.29 is 23.5 Å². The highest BCUT2D eigenvalue weighted by Gasteiger charge is 2.51. The van der Waals surface area contributed by atoms with E-state index in [1.807, 2.05) is 0 Å². The van der Waals surface area contributed by atoms with E-state index in [1.54, 1.807) is 13.8 Å². The zero-order valence-electron chi connectivity index (χ0n) is 17.8. The van der Waals surface area contributed by atoms with Crippen molar-refractivity contribution in [3.63, 3.8) is 0 Å². The minimum atomic E-state index is -2.03. The van der Waals surface area contributed by atoms with Crippen LogP contribution in [0.1, 0.15) is 47.5 Å². The number of hydrogen-bond acceptors (Lipinski definition) is 5. The highest BCUT2D eigenvalue weighted by Crippen LogP contribution is 2.50. The Hall–Kier alpha value is -1.40. The van der Waals surface area contributed by atoms with Crippen LogP contribution in [0.2, 0.25) is 19.1 Å². The normalized spacial score (nSPS) is 27.1. The average molecular weight is 395 g/mol. The van der Waals surface area contributed by atoms with E-state index in [9.17, 15) is 9.59 Å². The molecule has 0 radical (unpaired) electrons.